The van der Waals surface area contributed by atoms with E-state index in [-0.39, 0.29) is 4.90 Å². The number of hydrogen-bond acceptors (Lipinski definition) is 3. The molecular weight excluding hydrogens is 279 g/mol. The molecule has 2 rings (SSSR count). The molecule has 0 aliphatic heterocycles. The van der Waals surface area contributed by atoms with Gasteiger partial charge in [0, 0.05) is 7.05 Å². The summed E-state index contributed by atoms with van der Waals surface area (Å²) in [6, 6.07) is 10.5. The first-order chi connectivity index (χ1) is 9.44. The van der Waals surface area contributed by atoms with Crippen LogP contribution in [0.2, 0.25) is 0 Å². The van der Waals surface area contributed by atoms with Crippen LogP contribution in [-0.2, 0) is 10.0 Å². The molecule has 2 aromatic carbocycles. The molecule has 2 aromatic rings. The third kappa shape index (κ3) is 2.91. The minimum Gasteiger partial charge on any atom is -0.387 e. The zero-order chi connectivity index (χ0) is 14.8. The number of halogens is 1. The molecule has 0 atom stereocenters. The van der Waals surface area contributed by atoms with Crippen LogP contribution in [0.1, 0.15) is 5.56 Å². The first-order valence-corrected chi connectivity index (χ1v) is 7.48. The van der Waals surface area contributed by atoms with Gasteiger partial charge in [-0.05, 0) is 42.8 Å². The fourth-order valence-electron chi connectivity index (χ4n) is 1.85. The minimum atomic E-state index is -3.73. The highest BCUT2D eigenvalue weighted by atomic mass is 32.2. The van der Waals surface area contributed by atoms with Crippen LogP contribution in [0.4, 0.5) is 15.8 Å². The van der Waals surface area contributed by atoms with Crippen LogP contribution in [0.5, 0.6) is 0 Å². The van der Waals surface area contributed by atoms with E-state index in [4.69, 9.17) is 0 Å². The lowest BCUT2D eigenvalue weighted by Gasteiger charge is -2.13. The Bertz CT molecular complexity index is 730. The summed E-state index contributed by atoms with van der Waals surface area (Å²) in [4.78, 5) is 0.145. The van der Waals surface area contributed by atoms with Crippen LogP contribution >= 0.6 is 0 Å². The lowest BCUT2D eigenvalue weighted by molar-refractivity contribution is 0.601. The quantitative estimate of drug-likeness (QED) is 0.911. The summed E-state index contributed by atoms with van der Waals surface area (Å²) in [6.07, 6.45) is 0. The first-order valence-electron chi connectivity index (χ1n) is 6.00. The van der Waals surface area contributed by atoms with Crippen molar-refractivity contribution in [3.05, 3.63) is 53.8 Å². The second-order valence-corrected chi connectivity index (χ2v) is 5.96. The highest BCUT2D eigenvalue weighted by molar-refractivity contribution is 7.92. The summed E-state index contributed by atoms with van der Waals surface area (Å²) in [5.74, 6) is -0.402. The summed E-state index contributed by atoms with van der Waals surface area (Å²) in [5.41, 5.74) is 1.38. The van der Waals surface area contributed by atoms with Gasteiger partial charge in [-0.3, -0.25) is 4.72 Å². The summed E-state index contributed by atoms with van der Waals surface area (Å²) in [6.45, 7) is 1.64. The molecule has 0 aliphatic rings. The molecule has 0 aliphatic carbocycles. The van der Waals surface area contributed by atoms with Crippen LogP contribution < -0.4 is 10.0 Å². The van der Waals surface area contributed by atoms with Crippen molar-refractivity contribution in [2.45, 2.75) is 11.8 Å². The second kappa shape index (κ2) is 5.50. The van der Waals surface area contributed by atoms with E-state index in [1.807, 2.05) is 0 Å². The summed E-state index contributed by atoms with van der Waals surface area (Å²) in [5, 5.41) is 2.83. The Balaban J connectivity index is 2.41. The zero-order valence-corrected chi connectivity index (χ0v) is 12.0. The van der Waals surface area contributed by atoms with E-state index < -0.39 is 15.8 Å². The van der Waals surface area contributed by atoms with E-state index in [1.54, 1.807) is 32.2 Å². The number of aryl methyl sites for hydroxylation is 1. The smallest absolute Gasteiger partial charge is 0.263 e. The van der Waals surface area contributed by atoms with Gasteiger partial charge in [-0.15, -0.1) is 0 Å². The average Bonchev–Trinajstić information content (AvgIpc) is 2.42. The van der Waals surface area contributed by atoms with Crippen molar-refractivity contribution < 1.29 is 12.8 Å². The Morgan fingerprint density at radius 1 is 1.05 bits per heavy atom. The van der Waals surface area contributed by atoms with Crippen LogP contribution in [0.25, 0.3) is 0 Å². The molecule has 0 heterocycles. The zero-order valence-electron chi connectivity index (χ0n) is 11.1. The topological polar surface area (TPSA) is 58.2 Å². The van der Waals surface area contributed by atoms with Crippen molar-refractivity contribution in [3.63, 3.8) is 0 Å². The largest absolute Gasteiger partial charge is 0.387 e. The van der Waals surface area contributed by atoms with Gasteiger partial charge < -0.3 is 5.32 Å². The maximum Gasteiger partial charge on any atom is 0.263 e. The molecule has 4 nitrogen and oxygen atoms in total. The van der Waals surface area contributed by atoms with Crippen LogP contribution in [-0.4, -0.2) is 15.5 Å². The Labute approximate surface area is 117 Å². The molecule has 0 aromatic heterocycles. The molecule has 0 radical (unpaired) electrons. The van der Waals surface area contributed by atoms with E-state index >= 15 is 0 Å². The molecule has 0 spiro atoms. The second-order valence-electron chi connectivity index (χ2n) is 4.31. The van der Waals surface area contributed by atoms with Gasteiger partial charge in [-0.2, -0.15) is 0 Å². The van der Waals surface area contributed by atoms with Gasteiger partial charge in [-0.1, -0.05) is 12.1 Å². The molecule has 0 unspecified atom stereocenters. The van der Waals surface area contributed by atoms with Crippen LogP contribution in [0.3, 0.4) is 0 Å². The number of para-hydroxylation sites is 1. The predicted molar refractivity (Wildman–Crippen MR) is 77.9 cm³/mol. The van der Waals surface area contributed by atoms with Crippen molar-refractivity contribution in [2.24, 2.45) is 0 Å². The molecule has 0 amide bonds. The number of nitrogens with one attached hydrogen (secondary N) is 2. The Kier molecular flexibility index (Phi) is 3.94. The van der Waals surface area contributed by atoms with Gasteiger partial charge in [-0.25, -0.2) is 12.8 Å². The monoisotopic (exact) mass is 294 g/mol. The number of benzene rings is 2. The summed E-state index contributed by atoms with van der Waals surface area (Å²) in [7, 11) is -2.08. The van der Waals surface area contributed by atoms with E-state index in [2.05, 4.69) is 10.0 Å². The molecule has 6 heteroatoms. The van der Waals surface area contributed by atoms with Crippen molar-refractivity contribution in [3.8, 4) is 0 Å². The van der Waals surface area contributed by atoms with Gasteiger partial charge in [0.15, 0.2) is 0 Å². The van der Waals surface area contributed by atoms with E-state index in [1.165, 1.54) is 24.3 Å². The molecule has 0 saturated carbocycles. The predicted octanol–water partition coefficient (Wildman–Crippen LogP) is 2.98. The maximum absolute atomic E-state index is 13.0. The highest BCUT2D eigenvalue weighted by Gasteiger charge is 2.18. The third-order valence-corrected chi connectivity index (χ3v) is 4.30. The molecule has 0 bridgehead atoms. The third-order valence-electron chi connectivity index (χ3n) is 2.88. The van der Waals surface area contributed by atoms with Gasteiger partial charge >= 0.3 is 0 Å². The van der Waals surface area contributed by atoms with E-state index in [0.29, 0.717) is 16.9 Å². The molecular formula is C14H15FN2O2S. The van der Waals surface area contributed by atoms with Crippen molar-refractivity contribution >= 4 is 21.4 Å². The maximum atomic E-state index is 13.0. The van der Waals surface area contributed by atoms with Crippen LogP contribution in [0.15, 0.2) is 47.4 Å². The lowest BCUT2D eigenvalue weighted by Crippen LogP contribution is -2.15. The summed E-state index contributed by atoms with van der Waals surface area (Å²) < 4.78 is 40.3. The van der Waals surface area contributed by atoms with Crippen molar-refractivity contribution in [1.82, 2.24) is 0 Å². The lowest BCUT2D eigenvalue weighted by atomic mass is 10.2. The van der Waals surface area contributed by atoms with E-state index in [9.17, 15) is 12.8 Å². The van der Waals surface area contributed by atoms with Crippen molar-refractivity contribution in [1.29, 1.82) is 0 Å². The Hall–Kier alpha value is -2.08. The molecule has 2 N–H and O–H groups in total. The summed E-state index contributed by atoms with van der Waals surface area (Å²) >= 11 is 0. The van der Waals surface area contributed by atoms with Crippen LogP contribution in [0, 0.1) is 12.7 Å². The standard InChI is InChI=1S/C14H15FN2O2S/c1-10-9-11(15)7-8-12(10)17-20(18,19)14-6-4-3-5-13(14)16-2/h3-9,16-17H,1-2H3. The number of anilines is 2. The average molecular weight is 294 g/mol. The molecule has 0 saturated heterocycles. The number of hydrogen-bond donors (Lipinski definition) is 2. The Morgan fingerprint density at radius 3 is 2.40 bits per heavy atom. The molecule has 0 fully saturated rings. The fourth-order valence-corrected chi connectivity index (χ4v) is 3.19. The SMILES string of the molecule is CNc1ccccc1S(=O)(=O)Nc1ccc(F)cc1C. The van der Waals surface area contributed by atoms with Gasteiger partial charge in [0.1, 0.15) is 10.7 Å². The number of sulfonamides is 1. The van der Waals surface area contributed by atoms with Gasteiger partial charge in [0.2, 0.25) is 0 Å². The first kappa shape index (κ1) is 14.3. The van der Waals surface area contributed by atoms with E-state index in [0.717, 1.165) is 0 Å². The van der Waals surface area contributed by atoms with Crippen molar-refractivity contribution in [2.75, 3.05) is 17.1 Å². The fraction of sp³-hybridized carbons (Fsp3) is 0.143. The number of rotatable bonds is 4. The molecule has 20 heavy (non-hydrogen) atoms. The Morgan fingerprint density at radius 2 is 1.75 bits per heavy atom. The van der Waals surface area contributed by atoms with Gasteiger partial charge in [0.05, 0.1) is 11.4 Å². The minimum absolute atomic E-state index is 0.145. The highest BCUT2D eigenvalue weighted by Crippen LogP contribution is 2.24. The molecule has 106 valence electrons. The normalized spacial score (nSPS) is 11.2. The van der Waals surface area contributed by atoms with Gasteiger partial charge in [0.25, 0.3) is 10.0 Å².